The summed E-state index contributed by atoms with van der Waals surface area (Å²) in [5.74, 6) is -14.0. The lowest BCUT2D eigenvalue weighted by Crippen LogP contribution is -2.56. The van der Waals surface area contributed by atoms with Crippen LogP contribution in [0.15, 0.2) is 0 Å². The van der Waals surface area contributed by atoms with Crippen molar-refractivity contribution in [3.05, 3.63) is 0 Å². The fourth-order valence-electron chi connectivity index (χ4n) is 0.903. The molecule has 0 saturated carbocycles. The summed E-state index contributed by atoms with van der Waals surface area (Å²) in [6.07, 6.45) is -16.2. The summed E-state index contributed by atoms with van der Waals surface area (Å²) in [6.45, 7) is 0. The van der Waals surface area contributed by atoms with Gasteiger partial charge in [0.05, 0.1) is 0 Å². The molecule has 0 atom stereocenters. The molecule has 0 rings (SSSR count). The van der Waals surface area contributed by atoms with Gasteiger partial charge in [-0.05, 0) is 0 Å². The highest BCUT2D eigenvalue weighted by atomic mass is 79.9. The number of ether oxygens (including phenoxy) is 1. The number of esters is 1. The van der Waals surface area contributed by atoms with Crippen molar-refractivity contribution in [1.29, 1.82) is 0 Å². The van der Waals surface area contributed by atoms with Crippen molar-refractivity contribution < 1.29 is 49.0 Å². The average molecular weight is 385 g/mol. The molecule has 0 saturated heterocycles. The molecule has 0 heterocycles. The van der Waals surface area contributed by atoms with Gasteiger partial charge in [0.1, 0.15) is 5.33 Å². The predicted molar refractivity (Wildman–Crippen MR) is 50.0 cm³/mol. The summed E-state index contributed by atoms with van der Waals surface area (Å²) >= 11 is 2.25. The molecule has 0 unspecified atom stereocenters. The van der Waals surface area contributed by atoms with E-state index in [4.69, 9.17) is 0 Å². The Kier molecular flexibility index (Phi) is 5.77. The normalized spacial score (nSPS) is 14.3. The molecular formula is C8H6BrF9O2. The van der Waals surface area contributed by atoms with Gasteiger partial charge in [0.25, 0.3) is 0 Å². The van der Waals surface area contributed by atoms with Crippen LogP contribution in [-0.2, 0) is 9.53 Å². The Morgan fingerprint density at radius 3 is 1.70 bits per heavy atom. The highest BCUT2D eigenvalue weighted by molar-refractivity contribution is 9.09. The zero-order valence-electron chi connectivity index (χ0n) is 9.22. The number of carbonyl (C=O) groups is 1. The fourth-order valence-corrected chi connectivity index (χ4v) is 1.02. The van der Waals surface area contributed by atoms with Crippen molar-refractivity contribution in [2.24, 2.45) is 0 Å². The summed E-state index contributed by atoms with van der Waals surface area (Å²) in [6, 6.07) is 0. The lowest BCUT2D eigenvalue weighted by molar-refractivity contribution is -0.386. The number of hydrogen-bond donors (Lipinski definition) is 0. The summed E-state index contributed by atoms with van der Waals surface area (Å²) < 4.78 is 115. The van der Waals surface area contributed by atoms with Gasteiger partial charge >= 0.3 is 30.1 Å². The minimum absolute atomic E-state index is 0.993. The molecule has 0 radical (unpaired) electrons. The first-order chi connectivity index (χ1) is 8.66. The minimum Gasteiger partial charge on any atom is -0.395 e. The van der Waals surface area contributed by atoms with Gasteiger partial charge < -0.3 is 4.74 Å². The molecular weight excluding hydrogens is 379 g/mol. The SMILES string of the molecule is O=C(CBr)OC(F)(F)C(F)(F)C(F)(F)CCC(F)(F)F. The van der Waals surface area contributed by atoms with E-state index < -0.39 is 48.3 Å². The van der Waals surface area contributed by atoms with Crippen LogP contribution in [0.25, 0.3) is 0 Å². The second kappa shape index (κ2) is 5.98. The maximum Gasteiger partial charge on any atom is 0.472 e. The van der Waals surface area contributed by atoms with Gasteiger partial charge in [-0.15, -0.1) is 0 Å². The van der Waals surface area contributed by atoms with E-state index in [0.29, 0.717) is 0 Å². The van der Waals surface area contributed by atoms with Crippen LogP contribution in [0.5, 0.6) is 0 Å². The van der Waals surface area contributed by atoms with E-state index in [2.05, 4.69) is 20.7 Å². The standard InChI is InChI=1S/C8H6BrF9O2/c9-3-4(19)20-8(17,18)7(15,16)5(10,11)1-2-6(12,13)14/h1-3H2. The third-order valence-electron chi connectivity index (χ3n) is 1.90. The van der Waals surface area contributed by atoms with Crippen molar-refractivity contribution in [2.75, 3.05) is 5.33 Å². The molecule has 12 heteroatoms. The molecule has 0 fully saturated rings. The van der Waals surface area contributed by atoms with Crippen molar-refractivity contribution in [2.45, 2.75) is 37.0 Å². The number of halogens is 10. The van der Waals surface area contributed by atoms with Crippen LogP contribution < -0.4 is 0 Å². The summed E-state index contributed by atoms with van der Waals surface area (Å²) in [4.78, 5) is 10.4. The third kappa shape index (κ3) is 4.70. The van der Waals surface area contributed by atoms with E-state index in [1.54, 1.807) is 0 Å². The lowest BCUT2D eigenvalue weighted by atomic mass is 10.1. The van der Waals surface area contributed by atoms with Crippen molar-refractivity contribution >= 4 is 21.9 Å². The van der Waals surface area contributed by atoms with Gasteiger partial charge in [0.2, 0.25) is 0 Å². The van der Waals surface area contributed by atoms with Crippen molar-refractivity contribution in [3.63, 3.8) is 0 Å². The third-order valence-corrected chi connectivity index (χ3v) is 2.36. The number of hydrogen-bond acceptors (Lipinski definition) is 2. The maximum atomic E-state index is 12.9. The smallest absolute Gasteiger partial charge is 0.395 e. The molecule has 0 bridgehead atoms. The average Bonchev–Trinajstić information content (AvgIpc) is 2.24. The molecule has 0 aliphatic carbocycles. The molecule has 0 N–H and O–H groups in total. The van der Waals surface area contributed by atoms with Gasteiger partial charge in [-0.3, -0.25) is 4.79 Å². The van der Waals surface area contributed by atoms with Crippen molar-refractivity contribution in [1.82, 2.24) is 0 Å². The molecule has 120 valence electrons. The molecule has 2 nitrogen and oxygen atoms in total. The Bertz CT molecular complexity index is 352. The molecule has 20 heavy (non-hydrogen) atoms. The van der Waals surface area contributed by atoms with Gasteiger partial charge in [-0.25, -0.2) is 0 Å². The molecule has 0 aromatic rings. The van der Waals surface area contributed by atoms with Crippen LogP contribution >= 0.6 is 15.9 Å². The van der Waals surface area contributed by atoms with Crippen LogP contribution in [0.4, 0.5) is 39.5 Å². The summed E-state index contributed by atoms with van der Waals surface area (Å²) in [5.41, 5.74) is 0. The second-order valence-corrected chi connectivity index (χ2v) is 4.08. The minimum atomic E-state index is -6.29. The number of rotatable bonds is 6. The van der Waals surface area contributed by atoms with Crippen LogP contribution in [0, 0.1) is 0 Å². The molecule has 0 aromatic carbocycles. The first-order valence-electron chi connectivity index (χ1n) is 4.64. The van der Waals surface area contributed by atoms with Crippen LogP contribution in [0.1, 0.15) is 12.8 Å². The predicted octanol–water partition coefficient (Wildman–Crippen LogP) is 4.13. The van der Waals surface area contributed by atoms with E-state index in [1.165, 1.54) is 0 Å². The van der Waals surface area contributed by atoms with E-state index in [-0.39, 0.29) is 0 Å². The van der Waals surface area contributed by atoms with Crippen molar-refractivity contribution in [3.8, 4) is 0 Å². The Labute approximate surface area is 114 Å². The lowest BCUT2D eigenvalue weighted by Gasteiger charge is -2.31. The first kappa shape index (κ1) is 19.3. The highest BCUT2D eigenvalue weighted by Crippen LogP contribution is 2.49. The second-order valence-electron chi connectivity index (χ2n) is 3.52. The zero-order chi connectivity index (χ0) is 16.4. The molecule has 0 amide bonds. The number of alkyl halides is 10. The van der Waals surface area contributed by atoms with Crippen LogP contribution in [0.2, 0.25) is 0 Å². The summed E-state index contributed by atoms with van der Waals surface area (Å²) in [7, 11) is 0. The zero-order valence-corrected chi connectivity index (χ0v) is 10.8. The van der Waals surface area contributed by atoms with E-state index >= 15 is 0 Å². The molecule has 0 spiro atoms. The first-order valence-corrected chi connectivity index (χ1v) is 5.76. The van der Waals surface area contributed by atoms with E-state index in [1.807, 2.05) is 0 Å². The molecule has 0 aliphatic rings. The largest absolute Gasteiger partial charge is 0.472 e. The Morgan fingerprint density at radius 1 is 0.900 bits per heavy atom. The molecule has 0 aliphatic heterocycles. The monoisotopic (exact) mass is 384 g/mol. The fraction of sp³-hybridized carbons (Fsp3) is 0.875. The van der Waals surface area contributed by atoms with Gasteiger partial charge in [-0.2, -0.15) is 39.5 Å². The Balaban J connectivity index is 5.11. The Hall–Kier alpha value is -0.680. The van der Waals surface area contributed by atoms with Gasteiger partial charge in [0.15, 0.2) is 0 Å². The quantitative estimate of drug-likeness (QED) is 0.391. The molecule has 0 aromatic heterocycles. The highest BCUT2D eigenvalue weighted by Gasteiger charge is 2.74. The summed E-state index contributed by atoms with van der Waals surface area (Å²) in [5, 5.41) is -0.993. The topological polar surface area (TPSA) is 26.3 Å². The van der Waals surface area contributed by atoms with Crippen LogP contribution in [0.3, 0.4) is 0 Å². The van der Waals surface area contributed by atoms with Gasteiger partial charge in [-0.1, -0.05) is 15.9 Å². The van der Waals surface area contributed by atoms with E-state index in [0.717, 1.165) is 0 Å². The van der Waals surface area contributed by atoms with Crippen LogP contribution in [-0.4, -0.2) is 35.4 Å². The van der Waals surface area contributed by atoms with Gasteiger partial charge in [0, 0.05) is 12.8 Å². The maximum absolute atomic E-state index is 12.9. The Morgan fingerprint density at radius 2 is 1.35 bits per heavy atom. The van der Waals surface area contributed by atoms with E-state index in [9.17, 15) is 44.3 Å². The number of carbonyl (C=O) groups excluding carboxylic acids is 1.